The third kappa shape index (κ3) is 2.11. The predicted octanol–water partition coefficient (Wildman–Crippen LogP) is 0.116. The number of hydrogen-bond donors (Lipinski definition) is 1. The second kappa shape index (κ2) is 3.79. The van der Waals surface area contributed by atoms with Gasteiger partial charge in [-0.05, 0) is 13.8 Å². The second-order valence-electron chi connectivity index (χ2n) is 3.37. The van der Waals surface area contributed by atoms with Crippen LogP contribution in [0.25, 0.3) is 0 Å². The van der Waals surface area contributed by atoms with Gasteiger partial charge in [0.15, 0.2) is 5.60 Å². The van der Waals surface area contributed by atoms with Crippen LogP contribution in [0, 0.1) is 6.92 Å². The van der Waals surface area contributed by atoms with Crippen LogP contribution in [0.3, 0.4) is 0 Å². The molecule has 1 N–H and O–H groups in total. The maximum atomic E-state index is 11.2. The Balaban J connectivity index is 2.78. The van der Waals surface area contributed by atoms with Crippen molar-refractivity contribution < 1.29 is 14.6 Å². The fraction of sp³-hybridized carbons (Fsp3) is 0.556. The van der Waals surface area contributed by atoms with E-state index < -0.39 is 11.6 Å². The Hall–Kier alpha value is -1.36. The summed E-state index contributed by atoms with van der Waals surface area (Å²) in [6.45, 7) is 3.36. The molecule has 1 unspecified atom stereocenters. The normalized spacial score (nSPS) is 14.9. The Morgan fingerprint density at radius 3 is 2.86 bits per heavy atom. The molecule has 0 aliphatic carbocycles. The molecule has 0 aliphatic rings. The van der Waals surface area contributed by atoms with E-state index in [1.807, 2.05) is 0 Å². The first-order valence-electron chi connectivity index (χ1n) is 4.26. The highest BCUT2D eigenvalue weighted by atomic mass is 16.5. The van der Waals surface area contributed by atoms with E-state index in [1.165, 1.54) is 14.0 Å². The first-order valence-corrected chi connectivity index (χ1v) is 4.26. The van der Waals surface area contributed by atoms with Gasteiger partial charge in [0.2, 0.25) is 0 Å². The average molecular weight is 198 g/mol. The van der Waals surface area contributed by atoms with Crippen LogP contribution >= 0.6 is 0 Å². The molecule has 0 aromatic carbocycles. The van der Waals surface area contributed by atoms with Crippen molar-refractivity contribution in [3.05, 3.63) is 18.2 Å². The number of rotatable bonds is 3. The van der Waals surface area contributed by atoms with E-state index in [-0.39, 0.29) is 6.54 Å². The van der Waals surface area contributed by atoms with Crippen molar-refractivity contribution in [3.8, 4) is 0 Å². The standard InChI is InChI=1S/C9H14N2O3/c1-7-10-4-5-11(7)6-9(2,13)8(12)14-3/h4-5,13H,6H2,1-3H3. The van der Waals surface area contributed by atoms with Gasteiger partial charge in [0.1, 0.15) is 5.82 Å². The lowest BCUT2D eigenvalue weighted by Gasteiger charge is -2.21. The topological polar surface area (TPSA) is 64.3 Å². The molecule has 1 atom stereocenters. The number of carbonyl (C=O) groups is 1. The molecule has 0 saturated heterocycles. The molecule has 1 aromatic rings. The number of esters is 1. The van der Waals surface area contributed by atoms with Gasteiger partial charge in [-0.25, -0.2) is 9.78 Å². The summed E-state index contributed by atoms with van der Waals surface area (Å²) in [5.41, 5.74) is -1.51. The molecule has 0 aliphatic heterocycles. The molecular formula is C9H14N2O3. The van der Waals surface area contributed by atoms with Crippen molar-refractivity contribution in [1.29, 1.82) is 0 Å². The molecule has 0 radical (unpaired) electrons. The van der Waals surface area contributed by atoms with Gasteiger partial charge in [0.25, 0.3) is 0 Å². The van der Waals surface area contributed by atoms with E-state index in [1.54, 1.807) is 23.9 Å². The average Bonchev–Trinajstić information content (AvgIpc) is 2.50. The van der Waals surface area contributed by atoms with Crippen LogP contribution in [0.4, 0.5) is 0 Å². The van der Waals surface area contributed by atoms with Crippen LogP contribution in [-0.2, 0) is 16.1 Å². The minimum atomic E-state index is -1.51. The van der Waals surface area contributed by atoms with Crippen molar-refractivity contribution >= 4 is 5.97 Å². The van der Waals surface area contributed by atoms with Crippen LogP contribution in [-0.4, -0.2) is 33.3 Å². The van der Waals surface area contributed by atoms with Gasteiger partial charge in [-0.15, -0.1) is 0 Å². The molecule has 78 valence electrons. The van der Waals surface area contributed by atoms with Gasteiger partial charge in [-0.1, -0.05) is 0 Å². The monoisotopic (exact) mass is 198 g/mol. The third-order valence-corrected chi connectivity index (χ3v) is 2.03. The number of hydrogen-bond acceptors (Lipinski definition) is 4. The SMILES string of the molecule is COC(=O)C(C)(O)Cn1ccnc1C. The smallest absolute Gasteiger partial charge is 0.339 e. The van der Waals surface area contributed by atoms with E-state index in [4.69, 9.17) is 0 Å². The van der Waals surface area contributed by atoms with Crippen molar-refractivity contribution in [3.63, 3.8) is 0 Å². The van der Waals surface area contributed by atoms with Crippen LogP contribution in [0.5, 0.6) is 0 Å². The molecule has 5 heteroatoms. The second-order valence-corrected chi connectivity index (χ2v) is 3.37. The quantitative estimate of drug-likeness (QED) is 0.700. The number of methoxy groups -OCH3 is 1. The van der Waals surface area contributed by atoms with Crippen LogP contribution in [0.15, 0.2) is 12.4 Å². The maximum Gasteiger partial charge on any atom is 0.339 e. The molecule has 0 amide bonds. The van der Waals surface area contributed by atoms with E-state index in [0.29, 0.717) is 0 Å². The summed E-state index contributed by atoms with van der Waals surface area (Å²) < 4.78 is 6.17. The number of carbonyl (C=O) groups excluding carboxylic acids is 1. The molecule has 14 heavy (non-hydrogen) atoms. The van der Waals surface area contributed by atoms with Crippen LogP contribution in [0.1, 0.15) is 12.7 Å². The number of aromatic nitrogens is 2. The number of aliphatic hydroxyl groups is 1. The van der Waals surface area contributed by atoms with E-state index in [0.717, 1.165) is 5.82 Å². The largest absolute Gasteiger partial charge is 0.467 e. The van der Waals surface area contributed by atoms with Crippen molar-refractivity contribution in [2.24, 2.45) is 0 Å². The highest BCUT2D eigenvalue weighted by molar-refractivity contribution is 5.78. The van der Waals surface area contributed by atoms with Gasteiger partial charge in [0.05, 0.1) is 13.7 Å². The highest BCUT2D eigenvalue weighted by Gasteiger charge is 2.32. The number of imidazole rings is 1. The lowest BCUT2D eigenvalue weighted by molar-refractivity contribution is -0.161. The molecule has 0 bridgehead atoms. The molecular weight excluding hydrogens is 184 g/mol. The molecule has 1 aromatic heterocycles. The Morgan fingerprint density at radius 2 is 2.43 bits per heavy atom. The van der Waals surface area contributed by atoms with E-state index in [9.17, 15) is 9.90 Å². The zero-order valence-electron chi connectivity index (χ0n) is 8.52. The Labute approximate surface area is 82.3 Å². The molecule has 0 fully saturated rings. The molecule has 1 heterocycles. The summed E-state index contributed by atoms with van der Waals surface area (Å²) in [6.07, 6.45) is 3.31. The zero-order valence-corrected chi connectivity index (χ0v) is 8.52. The number of nitrogens with zero attached hydrogens (tertiary/aromatic N) is 2. The zero-order chi connectivity index (χ0) is 10.8. The van der Waals surface area contributed by atoms with Crippen molar-refractivity contribution in [2.75, 3.05) is 7.11 Å². The summed E-state index contributed by atoms with van der Waals surface area (Å²) in [6, 6.07) is 0. The fourth-order valence-electron chi connectivity index (χ4n) is 1.19. The summed E-state index contributed by atoms with van der Waals surface area (Å²) in [5, 5.41) is 9.76. The molecule has 1 rings (SSSR count). The number of aryl methyl sites for hydroxylation is 1. The van der Waals surface area contributed by atoms with E-state index >= 15 is 0 Å². The van der Waals surface area contributed by atoms with Gasteiger partial charge >= 0.3 is 5.97 Å². The highest BCUT2D eigenvalue weighted by Crippen LogP contribution is 2.10. The van der Waals surface area contributed by atoms with Crippen molar-refractivity contribution in [2.45, 2.75) is 26.0 Å². The number of ether oxygens (including phenoxy) is 1. The van der Waals surface area contributed by atoms with Crippen molar-refractivity contribution in [1.82, 2.24) is 9.55 Å². The van der Waals surface area contributed by atoms with Crippen LogP contribution in [0.2, 0.25) is 0 Å². The minimum absolute atomic E-state index is 0.144. The van der Waals surface area contributed by atoms with E-state index in [2.05, 4.69) is 9.72 Å². The first kappa shape index (κ1) is 10.7. The lowest BCUT2D eigenvalue weighted by Crippen LogP contribution is -2.40. The summed E-state index contributed by atoms with van der Waals surface area (Å²) >= 11 is 0. The Morgan fingerprint density at radius 1 is 1.79 bits per heavy atom. The fourth-order valence-corrected chi connectivity index (χ4v) is 1.19. The summed E-state index contributed by atoms with van der Waals surface area (Å²) in [4.78, 5) is 15.2. The third-order valence-electron chi connectivity index (χ3n) is 2.03. The van der Waals surface area contributed by atoms with Gasteiger partial charge in [-0.2, -0.15) is 0 Å². The summed E-state index contributed by atoms with van der Waals surface area (Å²) in [5.74, 6) is 0.0970. The summed E-state index contributed by atoms with van der Waals surface area (Å²) in [7, 11) is 1.25. The Bertz CT molecular complexity index is 331. The van der Waals surface area contributed by atoms with Gasteiger partial charge < -0.3 is 14.4 Å². The minimum Gasteiger partial charge on any atom is -0.467 e. The molecule has 5 nitrogen and oxygen atoms in total. The Kier molecular flexibility index (Phi) is 2.90. The molecule has 0 saturated carbocycles. The van der Waals surface area contributed by atoms with Gasteiger partial charge in [-0.3, -0.25) is 0 Å². The maximum absolute atomic E-state index is 11.2. The van der Waals surface area contributed by atoms with Gasteiger partial charge in [0, 0.05) is 12.4 Å². The first-order chi connectivity index (χ1) is 6.47. The van der Waals surface area contributed by atoms with Crippen LogP contribution < -0.4 is 0 Å². The molecule has 0 spiro atoms. The lowest BCUT2D eigenvalue weighted by atomic mass is 10.1. The predicted molar refractivity (Wildman–Crippen MR) is 49.6 cm³/mol.